The number of thiophene rings is 1. The normalized spacial score (nSPS) is 22.1. The maximum absolute atomic E-state index is 13.4. The minimum atomic E-state index is -0.322. The summed E-state index contributed by atoms with van der Waals surface area (Å²) in [5.74, 6) is 0.465. The number of carbonyl (C=O) groups excluding carboxylic acids is 1. The van der Waals surface area contributed by atoms with Gasteiger partial charge in [0.2, 0.25) is 0 Å². The van der Waals surface area contributed by atoms with Gasteiger partial charge < -0.3 is 9.47 Å². The van der Waals surface area contributed by atoms with Crippen molar-refractivity contribution in [3.8, 4) is 0 Å². The van der Waals surface area contributed by atoms with Crippen LogP contribution < -0.4 is 5.56 Å². The smallest absolute Gasteiger partial charge is 0.316 e. The summed E-state index contributed by atoms with van der Waals surface area (Å²) in [5.41, 5.74) is 1.20. The van der Waals surface area contributed by atoms with Crippen molar-refractivity contribution in [3.63, 3.8) is 0 Å². The van der Waals surface area contributed by atoms with Crippen LogP contribution in [-0.4, -0.2) is 41.1 Å². The second-order valence-electron chi connectivity index (χ2n) is 7.34. The number of ether oxygens (including phenoxy) is 2. The van der Waals surface area contributed by atoms with Gasteiger partial charge in [0.15, 0.2) is 5.16 Å². The van der Waals surface area contributed by atoms with Crippen LogP contribution in [0.3, 0.4) is 0 Å². The molecule has 8 heteroatoms. The van der Waals surface area contributed by atoms with Crippen LogP contribution in [0.15, 0.2) is 9.95 Å². The van der Waals surface area contributed by atoms with Crippen molar-refractivity contribution in [2.75, 3.05) is 19.5 Å². The van der Waals surface area contributed by atoms with E-state index in [1.165, 1.54) is 29.3 Å². The highest BCUT2D eigenvalue weighted by atomic mass is 32.2. The van der Waals surface area contributed by atoms with Crippen LogP contribution in [0.1, 0.15) is 36.6 Å². The average molecular weight is 409 g/mol. The van der Waals surface area contributed by atoms with Crippen molar-refractivity contribution in [3.05, 3.63) is 20.8 Å². The number of aromatic nitrogens is 2. The molecule has 27 heavy (non-hydrogen) atoms. The molecule has 0 radical (unpaired) electrons. The van der Waals surface area contributed by atoms with Gasteiger partial charge in [-0.3, -0.25) is 14.2 Å². The third-order valence-electron chi connectivity index (χ3n) is 5.34. The minimum absolute atomic E-state index is 0.00918. The maximum atomic E-state index is 13.4. The Morgan fingerprint density at radius 3 is 3.04 bits per heavy atom. The molecular weight excluding hydrogens is 384 g/mol. The van der Waals surface area contributed by atoms with E-state index in [0.29, 0.717) is 17.6 Å². The highest BCUT2D eigenvalue weighted by Crippen LogP contribution is 2.36. The first-order valence-electron chi connectivity index (χ1n) is 9.43. The first-order valence-corrected chi connectivity index (χ1v) is 11.2. The van der Waals surface area contributed by atoms with Gasteiger partial charge in [0.1, 0.15) is 4.83 Å². The number of hydrogen-bond acceptors (Lipinski definition) is 7. The molecule has 1 aliphatic carbocycles. The second kappa shape index (κ2) is 7.93. The zero-order chi connectivity index (χ0) is 19.0. The largest absolute Gasteiger partial charge is 0.468 e. The lowest BCUT2D eigenvalue weighted by Gasteiger charge is -2.18. The van der Waals surface area contributed by atoms with E-state index < -0.39 is 0 Å². The molecule has 0 spiro atoms. The summed E-state index contributed by atoms with van der Waals surface area (Å²) in [4.78, 5) is 31.9. The number of esters is 1. The predicted octanol–water partition coefficient (Wildman–Crippen LogP) is 3.03. The summed E-state index contributed by atoms with van der Waals surface area (Å²) in [6.45, 7) is 3.49. The van der Waals surface area contributed by atoms with Crippen LogP contribution in [0, 0.1) is 5.92 Å². The van der Waals surface area contributed by atoms with Crippen LogP contribution in [0.5, 0.6) is 0 Å². The van der Waals surface area contributed by atoms with Crippen molar-refractivity contribution >= 4 is 39.3 Å². The number of fused-ring (bicyclic) bond motifs is 3. The van der Waals surface area contributed by atoms with Crippen LogP contribution in [0.25, 0.3) is 10.2 Å². The highest BCUT2D eigenvalue weighted by molar-refractivity contribution is 7.99. The van der Waals surface area contributed by atoms with Gasteiger partial charge in [0.25, 0.3) is 5.56 Å². The Labute approximate surface area is 166 Å². The van der Waals surface area contributed by atoms with Gasteiger partial charge in [0, 0.05) is 11.5 Å². The van der Waals surface area contributed by atoms with E-state index in [4.69, 9.17) is 14.5 Å². The molecular formula is C19H24N2O4S2. The number of aryl methyl sites for hydroxylation is 1. The van der Waals surface area contributed by atoms with E-state index in [0.717, 1.165) is 48.9 Å². The summed E-state index contributed by atoms with van der Waals surface area (Å²) in [6.07, 6.45) is 5.08. The highest BCUT2D eigenvalue weighted by Gasteiger charge is 2.26. The lowest BCUT2D eigenvalue weighted by atomic mass is 9.89. The fraction of sp³-hybridized carbons (Fsp3) is 0.632. The Balaban J connectivity index is 1.78. The zero-order valence-corrected chi connectivity index (χ0v) is 17.3. The summed E-state index contributed by atoms with van der Waals surface area (Å²) >= 11 is 2.91. The Hall–Kier alpha value is -1.38. The fourth-order valence-electron chi connectivity index (χ4n) is 3.85. The van der Waals surface area contributed by atoms with E-state index in [1.54, 1.807) is 15.9 Å². The molecule has 0 N–H and O–H groups in total. The SMILES string of the molecule is COC(=O)CSc1nc2sc3c(c2c(=O)n1C[C@@H]1CCCO1)CC[C@H](C)C3. The summed E-state index contributed by atoms with van der Waals surface area (Å²) < 4.78 is 12.2. The molecule has 2 aliphatic rings. The molecule has 4 rings (SSSR count). The van der Waals surface area contributed by atoms with Crippen molar-refractivity contribution in [2.24, 2.45) is 5.92 Å². The molecule has 1 saturated heterocycles. The van der Waals surface area contributed by atoms with Gasteiger partial charge in [-0.15, -0.1) is 11.3 Å². The van der Waals surface area contributed by atoms with Crippen molar-refractivity contribution in [2.45, 2.75) is 56.8 Å². The maximum Gasteiger partial charge on any atom is 0.316 e. The lowest BCUT2D eigenvalue weighted by molar-refractivity contribution is -0.137. The Morgan fingerprint density at radius 1 is 1.44 bits per heavy atom. The molecule has 3 heterocycles. The molecule has 6 nitrogen and oxygen atoms in total. The van der Waals surface area contributed by atoms with Crippen LogP contribution >= 0.6 is 23.1 Å². The van der Waals surface area contributed by atoms with Crippen LogP contribution in [0.2, 0.25) is 0 Å². The van der Waals surface area contributed by atoms with Crippen molar-refractivity contribution in [1.82, 2.24) is 9.55 Å². The number of nitrogens with zero attached hydrogens (tertiary/aromatic N) is 2. The quantitative estimate of drug-likeness (QED) is 0.430. The van der Waals surface area contributed by atoms with Gasteiger partial charge >= 0.3 is 5.97 Å². The molecule has 146 valence electrons. The number of thioether (sulfide) groups is 1. The van der Waals surface area contributed by atoms with Crippen molar-refractivity contribution in [1.29, 1.82) is 0 Å². The molecule has 0 aromatic carbocycles. The zero-order valence-electron chi connectivity index (χ0n) is 15.7. The van der Waals surface area contributed by atoms with E-state index in [9.17, 15) is 9.59 Å². The molecule has 0 unspecified atom stereocenters. The van der Waals surface area contributed by atoms with Gasteiger partial charge in [-0.2, -0.15) is 0 Å². The van der Waals surface area contributed by atoms with Gasteiger partial charge in [0.05, 0.1) is 30.9 Å². The molecule has 0 amide bonds. The van der Waals surface area contributed by atoms with Crippen molar-refractivity contribution < 1.29 is 14.3 Å². The lowest BCUT2D eigenvalue weighted by Crippen LogP contribution is -2.29. The van der Waals surface area contributed by atoms with E-state index >= 15 is 0 Å². The molecule has 1 fully saturated rings. The molecule has 2 atom stereocenters. The third-order valence-corrected chi connectivity index (χ3v) is 7.44. The second-order valence-corrected chi connectivity index (χ2v) is 9.37. The third kappa shape index (κ3) is 3.79. The minimum Gasteiger partial charge on any atom is -0.468 e. The molecule has 2 aromatic heterocycles. The Kier molecular flexibility index (Phi) is 5.57. The van der Waals surface area contributed by atoms with Gasteiger partial charge in [-0.1, -0.05) is 18.7 Å². The summed E-state index contributed by atoms with van der Waals surface area (Å²) in [7, 11) is 1.37. The number of hydrogen-bond donors (Lipinski definition) is 0. The molecule has 1 aliphatic heterocycles. The Bertz CT molecular complexity index is 915. The Morgan fingerprint density at radius 2 is 2.30 bits per heavy atom. The number of rotatable bonds is 5. The van der Waals surface area contributed by atoms with Crippen LogP contribution in [-0.2, 0) is 33.7 Å². The van der Waals surface area contributed by atoms with E-state index in [2.05, 4.69) is 6.92 Å². The van der Waals surface area contributed by atoms with Gasteiger partial charge in [-0.25, -0.2) is 4.98 Å². The van der Waals surface area contributed by atoms with E-state index in [-0.39, 0.29) is 23.4 Å². The average Bonchev–Trinajstić information content (AvgIpc) is 3.29. The van der Waals surface area contributed by atoms with Crippen LogP contribution in [0.4, 0.5) is 0 Å². The summed E-state index contributed by atoms with van der Waals surface area (Å²) in [6, 6.07) is 0. The van der Waals surface area contributed by atoms with E-state index in [1.807, 2.05) is 0 Å². The molecule has 2 aromatic rings. The predicted molar refractivity (Wildman–Crippen MR) is 107 cm³/mol. The monoisotopic (exact) mass is 408 g/mol. The standard InChI is InChI=1S/C19H24N2O4S2/c1-11-5-6-13-14(8-11)27-17-16(13)18(23)21(9-12-4-3-7-25-12)19(20-17)26-10-15(22)24-2/h11-12H,3-10H2,1-2H3/t11-,12-/m0/s1. The summed E-state index contributed by atoms with van der Waals surface area (Å²) in [5, 5.41) is 1.36. The molecule has 0 bridgehead atoms. The fourth-order valence-corrected chi connectivity index (χ4v) is 6.12. The topological polar surface area (TPSA) is 70.4 Å². The number of carbonyl (C=O) groups is 1. The number of methoxy groups -OCH3 is 1. The molecule has 0 saturated carbocycles. The first-order chi connectivity index (χ1) is 13.1. The van der Waals surface area contributed by atoms with Gasteiger partial charge in [-0.05, 0) is 43.6 Å². The first kappa shape index (κ1) is 19.0.